The first-order chi connectivity index (χ1) is 27.1. The average molecular weight is 780 g/mol. The Labute approximate surface area is 325 Å². The van der Waals surface area contributed by atoms with Gasteiger partial charge in [-0.3, -0.25) is 33.7 Å². The Kier molecular flexibility index (Phi) is 8.09. The number of carbonyl (C=O) groups excluding carboxylic acids is 6. The molecule has 16 heteroatoms. The molecule has 3 saturated carbocycles. The quantitative estimate of drug-likeness (QED) is 0.147. The van der Waals surface area contributed by atoms with Gasteiger partial charge in [-0.2, -0.15) is 0 Å². The van der Waals surface area contributed by atoms with Crippen LogP contribution in [0, 0.1) is 11.8 Å². The fourth-order valence-electron chi connectivity index (χ4n) is 9.74. The van der Waals surface area contributed by atoms with Gasteiger partial charge in [-0.15, -0.1) is 0 Å². The molecule has 3 aliphatic carbocycles. The summed E-state index contributed by atoms with van der Waals surface area (Å²) in [5.41, 5.74) is 0.836. The summed E-state index contributed by atoms with van der Waals surface area (Å²) in [6.07, 6.45) is 3.89. The van der Waals surface area contributed by atoms with Gasteiger partial charge in [-0.05, 0) is 49.3 Å². The zero-order chi connectivity index (χ0) is 40.3. The molecule has 7 aliphatic rings. The van der Waals surface area contributed by atoms with Gasteiger partial charge >= 0.3 is 5.97 Å². The lowest BCUT2D eigenvalue weighted by Crippen LogP contribution is -2.77. The van der Waals surface area contributed by atoms with E-state index in [1.165, 1.54) is 0 Å². The van der Waals surface area contributed by atoms with Crippen LogP contribution in [-0.4, -0.2) is 79.9 Å². The normalized spacial score (nSPS) is 25.6. The fraction of sp³-hybridized carbons (Fsp3) is 0.463. The van der Waals surface area contributed by atoms with Crippen molar-refractivity contribution in [3.63, 3.8) is 0 Å². The summed E-state index contributed by atoms with van der Waals surface area (Å²) < 4.78 is 18.3. The number of ketones is 1. The second kappa shape index (κ2) is 12.6. The summed E-state index contributed by atoms with van der Waals surface area (Å²) in [6.45, 7) is 6.39. The third-order valence-corrected chi connectivity index (χ3v) is 12.6. The summed E-state index contributed by atoms with van der Waals surface area (Å²) >= 11 is 0. The third kappa shape index (κ3) is 5.43. The molecule has 296 valence electrons. The number of aliphatic hydroxyl groups is 1. The summed E-state index contributed by atoms with van der Waals surface area (Å²) in [6, 6.07) is 4.50. The number of nitrogens with zero attached hydrogens (tertiary/aromatic N) is 3. The van der Waals surface area contributed by atoms with Gasteiger partial charge in [0.2, 0.25) is 18.6 Å². The highest BCUT2D eigenvalue weighted by Crippen LogP contribution is 2.70. The number of carbonyl (C=O) groups is 6. The van der Waals surface area contributed by atoms with Crippen LogP contribution in [0.3, 0.4) is 0 Å². The van der Waals surface area contributed by atoms with Crippen LogP contribution in [0.4, 0.5) is 0 Å². The van der Waals surface area contributed by atoms with E-state index < -0.39 is 53.3 Å². The Hall–Kier alpha value is -5.90. The van der Waals surface area contributed by atoms with Crippen molar-refractivity contribution in [2.45, 2.75) is 95.5 Å². The number of nitrogens with one attached hydrogen (secondary N) is 2. The molecule has 4 amide bonds. The summed E-state index contributed by atoms with van der Waals surface area (Å²) in [5.74, 6) is -3.17. The zero-order valence-corrected chi connectivity index (χ0v) is 31.9. The number of imide groups is 1. The smallest absolute Gasteiger partial charge is 0.343 e. The van der Waals surface area contributed by atoms with Crippen molar-refractivity contribution < 1.29 is 48.1 Å². The highest BCUT2D eigenvalue weighted by atomic mass is 16.7. The van der Waals surface area contributed by atoms with E-state index in [1.54, 1.807) is 38.3 Å². The molecule has 4 aliphatic heterocycles. The van der Waals surface area contributed by atoms with Crippen LogP contribution >= 0.6 is 0 Å². The van der Waals surface area contributed by atoms with Gasteiger partial charge in [0.05, 0.1) is 35.1 Å². The second-order valence-electron chi connectivity index (χ2n) is 16.7. The van der Waals surface area contributed by atoms with E-state index in [-0.39, 0.29) is 72.5 Å². The predicted octanol–water partition coefficient (Wildman–Crippen LogP) is 1.76. The Morgan fingerprint density at radius 3 is 2.30 bits per heavy atom. The van der Waals surface area contributed by atoms with Crippen LogP contribution in [0.5, 0.6) is 11.5 Å². The van der Waals surface area contributed by atoms with E-state index in [9.17, 15) is 38.7 Å². The van der Waals surface area contributed by atoms with E-state index in [1.807, 2.05) is 12.1 Å². The van der Waals surface area contributed by atoms with Crippen molar-refractivity contribution in [1.29, 1.82) is 0 Å². The minimum absolute atomic E-state index is 0.0241. The lowest BCUT2D eigenvalue weighted by molar-refractivity contribution is -0.172. The Morgan fingerprint density at radius 2 is 1.63 bits per heavy atom. The first kappa shape index (κ1) is 36.7. The van der Waals surface area contributed by atoms with Crippen molar-refractivity contribution in [2.24, 2.45) is 11.8 Å². The maximum atomic E-state index is 14.0. The zero-order valence-electron chi connectivity index (χ0n) is 31.9. The summed E-state index contributed by atoms with van der Waals surface area (Å²) in [4.78, 5) is 96.2. The molecule has 0 saturated heterocycles. The average Bonchev–Trinajstić information content (AvgIpc) is 3.85. The number of pyridine rings is 2. The minimum Gasteiger partial charge on any atom is -0.458 e. The fourth-order valence-corrected chi connectivity index (χ4v) is 9.74. The molecular formula is C41H41N5O11. The molecular weight excluding hydrogens is 738 g/mol. The second-order valence-corrected chi connectivity index (χ2v) is 16.7. The topological polar surface area (TPSA) is 213 Å². The monoisotopic (exact) mass is 779 g/mol. The van der Waals surface area contributed by atoms with Crippen LogP contribution in [0.1, 0.15) is 82.1 Å². The molecule has 3 aromatic rings. The van der Waals surface area contributed by atoms with Crippen LogP contribution in [0.15, 0.2) is 35.1 Å². The number of fused-ring (bicyclic) bond motifs is 6. The molecule has 6 heterocycles. The number of ether oxygens (including phenoxy) is 3. The minimum atomic E-state index is -1.96. The largest absolute Gasteiger partial charge is 0.458 e. The number of esters is 1. The number of aromatic nitrogens is 2. The highest BCUT2D eigenvalue weighted by molar-refractivity contribution is 6.14. The maximum absolute atomic E-state index is 14.0. The number of cyclic esters (lactones) is 1. The number of amides is 4. The van der Waals surface area contributed by atoms with E-state index in [2.05, 4.69) is 10.6 Å². The Morgan fingerprint density at radius 1 is 0.947 bits per heavy atom. The highest BCUT2D eigenvalue weighted by Gasteiger charge is 2.70. The molecule has 3 atom stereocenters. The number of hydrogen-bond acceptors (Lipinski definition) is 12. The van der Waals surface area contributed by atoms with E-state index in [4.69, 9.17) is 19.2 Å². The molecule has 16 nitrogen and oxygen atoms in total. The van der Waals surface area contributed by atoms with Crippen molar-refractivity contribution >= 4 is 46.3 Å². The molecule has 57 heavy (non-hydrogen) atoms. The van der Waals surface area contributed by atoms with Crippen LogP contribution in [-0.2, 0) is 57.7 Å². The van der Waals surface area contributed by atoms with Gasteiger partial charge in [-0.25, -0.2) is 9.78 Å². The van der Waals surface area contributed by atoms with Gasteiger partial charge in [0.15, 0.2) is 22.9 Å². The lowest BCUT2D eigenvalue weighted by Gasteiger charge is -2.71. The van der Waals surface area contributed by atoms with Gasteiger partial charge in [0.25, 0.3) is 17.4 Å². The van der Waals surface area contributed by atoms with Crippen molar-refractivity contribution in [3.05, 3.63) is 63.0 Å². The molecule has 2 aromatic heterocycles. The molecule has 0 radical (unpaired) electrons. The van der Waals surface area contributed by atoms with Gasteiger partial charge in [0, 0.05) is 58.0 Å². The number of hydrogen-bond donors (Lipinski definition) is 3. The molecule has 3 fully saturated rings. The molecule has 3 N–H and O–H groups in total. The molecule has 1 aromatic carbocycles. The standard InChI is InChI=1S/C41H41N5O11/c1-5-41(54)24-10-26-35-22(12-45(26)37(52)23(24)14-55-38(41)53)33(21-9-28-29(57-18-56-28)11-25(21)42-35)39-15-40(16-39,17-39)44-36(51)20(4)8-27(47)34(19(2)3)43-30(48)13-46-31(49)6-7-32(46)50/h6-7,9-11,19-20,34,54H,5,8,12-18H2,1-4H3,(H,43,48)(H,44,51)/t20-,34+,39?,40?,41+/m1/s1. The molecule has 0 unspecified atom stereocenters. The first-order valence-corrected chi connectivity index (χ1v) is 19.2. The molecule has 2 bridgehead atoms. The van der Waals surface area contributed by atoms with Gasteiger partial charge in [-0.1, -0.05) is 27.7 Å². The van der Waals surface area contributed by atoms with Crippen LogP contribution in [0.25, 0.3) is 22.3 Å². The SMILES string of the molecule is CC[C@@]1(O)C(=O)OCc2c1cc1n(c2=O)Cc2c-1nc1cc3c(cc1c2C12CC(NC(=O)[C@H](C)CC(=O)[C@@H](NC(=O)CN4C(=O)C=CC4=O)C(C)C)(C1)C2)OCO3. The third-order valence-electron chi connectivity index (χ3n) is 12.6. The van der Waals surface area contributed by atoms with Crippen molar-refractivity contribution in [3.8, 4) is 22.9 Å². The first-order valence-electron chi connectivity index (χ1n) is 19.2. The predicted molar refractivity (Wildman–Crippen MR) is 198 cm³/mol. The van der Waals surface area contributed by atoms with E-state index in [0.29, 0.717) is 47.7 Å². The Balaban J connectivity index is 0.953. The summed E-state index contributed by atoms with van der Waals surface area (Å²) in [7, 11) is 0. The van der Waals surface area contributed by atoms with Crippen LogP contribution in [0.2, 0.25) is 0 Å². The van der Waals surface area contributed by atoms with E-state index in [0.717, 1.165) is 33.6 Å². The number of benzene rings is 1. The van der Waals surface area contributed by atoms with Crippen molar-refractivity contribution in [2.75, 3.05) is 13.3 Å². The maximum Gasteiger partial charge on any atom is 0.343 e. The van der Waals surface area contributed by atoms with Crippen LogP contribution < -0.4 is 25.7 Å². The molecule has 0 spiro atoms. The van der Waals surface area contributed by atoms with Gasteiger partial charge in [0.1, 0.15) is 13.2 Å². The number of Topliss-reactive ketones (excluding diaryl/α,β-unsaturated/α-hetero) is 1. The Bertz CT molecular complexity index is 2450. The van der Waals surface area contributed by atoms with E-state index >= 15 is 0 Å². The lowest BCUT2D eigenvalue weighted by atomic mass is 9.36. The number of rotatable bonds is 11. The van der Waals surface area contributed by atoms with Crippen molar-refractivity contribution in [1.82, 2.24) is 25.1 Å². The summed E-state index contributed by atoms with van der Waals surface area (Å²) in [5, 5.41) is 18.1. The molecule has 10 rings (SSSR count). The van der Waals surface area contributed by atoms with Gasteiger partial charge < -0.3 is 34.5 Å².